The van der Waals surface area contributed by atoms with Crippen LogP contribution in [0.2, 0.25) is 0 Å². The van der Waals surface area contributed by atoms with Crippen molar-refractivity contribution in [1.82, 2.24) is 0 Å². The average Bonchev–Trinajstić information content (AvgIpc) is 2.73. The van der Waals surface area contributed by atoms with E-state index in [-0.39, 0.29) is 0 Å². The smallest absolute Gasteiger partial charge is 0.0623 e. The van der Waals surface area contributed by atoms with Gasteiger partial charge in [0.1, 0.15) is 0 Å². The summed E-state index contributed by atoms with van der Waals surface area (Å²) in [6, 6.07) is 34.3. The minimum Gasteiger partial charge on any atom is -0.356 e. The van der Waals surface area contributed by atoms with Gasteiger partial charge in [-0.2, -0.15) is 0 Å². The molecule has 3 nitrogen and oxygen atoms in total. The van der Waals surface area contributed by atoms with Crippen molar-refractivity contribution < 1.29 is 1.37 Å². The van der Waals surface area contributed by atoms with Crippen LogP contribution in [0.3, 0.4) is 0 Å². The van der Waals surface area contributed by atoms with Crippen LogP contribution >= 0.6 is 0 Å². The molecule has 0 aliphatic heterocycles. The van der Waals surface area contributed by atoms with Gasteiger partial charge in [-0.15, -0.1) is 0 Å². The molecule has 0 amide bonds. The highest BCUT2D eigenvalue weighted by Gasteiger charge is 1.98. The monoisotopic (exact) mass is 352 g/mol. The van der Waals surface area contributed by atoms with Crippen molar-refractivity contribution in [2.45, 2.75) is 0 Å². The molecule has 3 N–H and O–H groups in total. The molecule has 132 valence electrons. The summed E-state index contributed by atoms with van der Waals surface area (Å²) in [7, 11) is 0. The van der Waals surface area contributed by atoms with Crippen molar-refractivity contribution in [1.29, 1.82) is 0 Å². The Balaban J connectivity index is 1.36. The van der Waals surface area contributed by atoms with Crippen LogP contribution in [0.4, 0.5) is 34.1 Å². The summed E-state index contributed by atoms with van der Waals surface area (Å²) >= 11 is 0. The van der Waals surface area contributed by atoms with Crippen LogP contribution in [0, 0.1) is 0 Å². The molecule has 0 saturated heterocycles. The van der Waals surface area contributed by atoms with Crippen molar-refractivity contribution in [3.63, 3.8) is 0 Å². The highest BCUT2D eigenvalue weighted by atomic mass is 14.9. The molecule has 0 heterocycles. The number of benzene rings is 4. The topological polar surface area (TPSA) is 36.1 Å². The van der Waals surface area contributed by atoms with Crippen LogP contribution in [-0.4, -0.2) is 0 Å². The Labute approximate surface area is 161 Å². The van der Waals surface area contributed by atoms with Gasteiger partial charge >= 0.3 is 0 Å². The first-order valence-corrected chi connectivity index (χ1v) is 8.87. The van der Waals surface area contributed by atoms with Gasteiger partial charge in [0.25, 0.3) is 0 Å². The quantitative estimate of drug-likeness (QED) is 0.352. The minimum absolute atomic E-state index is 0.509. The molecule has 4 aromatic rings. The minimum atomic E-state index is 0.509. The predicted molar refractivity (Wildman–Crippen MR) is 116 cm³/mol. The molecule has 0 aromatic heterocycles. The van der Waals surface area contributed by atoms with Crippen LogP contribution in [0.25, 0.3) is 0 Å². The van der Waals surface area contributed by atoms with Gasteiger partial charge in [-0.3, -0.25) is 0 Å². The lowest BCUT2D eigenvalue weighted by Gasteiger charge is -2.11. The third-order valence-corrected chi connectivity index (χ3v) is 4.13. The number of para-hydroxylation sites is 2. The number of hydrogen-bond donors (Lipinski definition) is 3. The molecule has 0 atom stereocenters. The van der Waals surface area contributed by atoms with E-state index in [4.69, 9.17) is 1.37 Å². The largest absolute Gasteiger partial charge is 0.356 e. The Bertz CT molecular complexity index is 1010. The zero-order valence-corrected chi connectivity index (χ0v) is 14.8. The normalized spacial score (nSPS) is 10.7. The molecule has 0 bridgehead atoms. The van der Waals surface area contributed by atoms with Gasteiger partial charge in [-0.05, 0) is 72.8 Å². The van der Waals surface area contributed by atoms with Crippen LogP contribution in [0.1, 0.15) is 1.37 Å². The average molecular weight is 352 g/mol. The lowest BCUT2D eigenvalue weighted by molar-refractivity contribution is 1.50. The van der Waals surface area contributed by atoms with Gasteiger partial charge in [-0.1, -0.05) is 36.4 Å². The number of nitrogens with one attached hydrogen (secondary N) is 3. The molecule has 0 fully saturated rings. The molecule has 0 aliphatic rings. The van der Waals surface area contributed by atoms with Crippen molar-refractivity contribution in [2.24, 2.45) is 0 Å². The van der Waals surface area contributed by atoms with Crippen LogP contribution in [-0.2, 0) is 0 Å². The fraction of sp³-hybridized carbons (Fsp3) is 0. The zero-order chi connectivity index (χ0) is 19.2. The van der Waals surface area contributed by atoms with E-state index >= 15 is 0 Å². The molecule has 4 rings (SSSR count). The van der Waals surface area contributed by atoms with E-state index in [1.165, 1.54) is 0 Å². The molecule has 3 heteroatoms. The molecule has 0 radical (unpaired) electrons. The predicted octanol–water partition coefficient (Wildman–Crippen LogP) is 6.92. The summed E-state index contributed by atoms with van der Waals surface area (Å²) in [5.74, 6) is 0. The first-order chi connectivity index (χ1) is 13.7. The first kappa shape index (κ1) is 15.5. The molecule has 27 heavy (non-hydrogen) atoms. The second-order valence-electron chi connectivity index (χ2n) is 6.18. The molecule has 0 unspecified atom stereocenters. The van der Waals surface area contributed by atoms with Crippen LogP contribution < -0.4 is 16.0 Å². The molecular weight excluding hydrogens is 330 g/mol. The maximum atomic E-state index is 7.54. The number of anilines is 6. The van der Waals surface area contributed by atoms with Crippen LogP contribution in [0.5, 0.6) is 0 Å². The summed E-state index contributed by atoms with van der Waals surface area (Å²) in [4.78, 5) is 0. The second kappa shape index (κ2) is 8.11. The van der Waals surface area contributed by atoms with E-state index in [1.54, 1.807) is 12.1 Å². The van der Waals surface area contributed by atoms with Crippen molar-refractivity contribution >= 4 is 34.1 Å². The summed E-state index contributed by atoms with van der Waals surface area (Å²) < 4.78 is 7.54. The Morgan fingerprint density at radius 2 is 0.667 bits per heavy atom. The first-order valence-electron chi connectivity index (χ1n) is 9.37. The number of hydrogen-bond acceptors (Lipinski definition) is 3. The fourth-order valence-electron chi connectivity index (χ4n) is 2.77. The highest BCUT2D eigenvalue weighted by Crippen LogP contribution is 2.23. The van der Waals surface area contributed by atoms with Crippen LogP contribution in [0.15, 0.2) is 109 Å². The summed E-state index contributed by atoms with van der Waals surface area (Å²) in [5.41, 5.74) is 6.16. The Kier molecular flexibility index (Phi) is 4.66. The van der Waals surface area contributed by atoms with Gasteiger partial charge in [0, 0.05) is 34.1 Å². The highest BCUT2D eigenvalue weighted by molar-refractivity contribution is 5.68. The lowest BCUT2D eigenvalue weighted by atomic mass is 10.2. The molecule has 4 aromatic carbocycles. The van der Waals surface area contributed by atoms with Gasteiger partial charge in [0.05, 0.1) is 1.37 Å². The van der Waals surface area contributed by atoms with E-state index < -0.39 is 0 Å². The number of rotatable bonds is 6. The van der Waals surface area contributed by atoms with Gasteiger partial charge < -0.3 is 16.0 Å². The van der Waals surface area contributed by atoms with Gasteiger partial charge in [0.2, 0.25) is 0 Å². The maximum absolute atomic E-state index is 7.54. The molecule has 0 saturated carbocycles. The maximum Gasteiger partial charge on any atom is 0.0623 e. The summed E-state index contributed by atoms with van der Waals surface area (Å²) in [6.45, 7) is 0. The zero-order valence-electron chi connectivity index (χ0n) is 15.8. The Morgan fingerprint density at radius 3 is 1.04 bits per heavy atom. The van der Waals surface area contributed by atoms with Crippen molar-refractivity contribution in [2.75, 3.05) is 16.0 Å². The molecule has 0 aliphatic carbocycles. The van der Waals surface area contributed by atoms with E-state index in [1.807, 2.05) is 66.7 Å². The SMILES string of the molecule is [2H]c1ccc(Nc2ccc(Nc3ccc(Nc4ccccc4)cc3)cc2)cc1. The lowest BCUT2D eigenvalue weighted by Crippen LogP contribution is -1.93. The van der Waals surface area contributed by atoms with Crippen molar-refractivity contribution in [3.05, 3.63) is 109 Å². The third-order valence-electron chi connectivity index (χ3n) is 4.13. The third kappa shape index (κ3) is 4.67. The Morgan fingerprint density at radius 1 is 0.370 bits per heavy atom. The van der Waals surface area contributed by atoms with Gasteiger partial charge in [0.15, 0.2) is 0 Å². The fourth-order valence-corrected chi connectivity index (χ4v) is 2.77. The summed E-state index contributed by atoms with van der Waals surface area (Å²) in [6.07, 6.45) is 0. The van der Waals surface area contributed by atoms with E-state index in [9.17, 15) is 0 Å². The van der Waals surface area contributed by atoms with E-state index in [2.05, 4.69) is 40.2 Å². The van der Waals surface area contributed by atoms with Crippen molar-refractivity contribution in [3.8, 4) is 0 Å². The standard InChI is InChI=1S/C24H21N3/c1-3-7-19(8-4-1)25-21-11-15-23(16-12-21)27-24-17-13-22(14-18-24)26-20-9-5-2-6-10-20/h1-18,25-27H/i1D. The molecular formula is C24H21N3. The van der Waals surface area contributed by atoms with E-state index in [0.717, 1.165) is 34.1 Å². The Hall–Kier alpha value is -3.72. The van der Waals surface area contributed by atoms with Gasteiger partial charge in [-0.25, -0.2) is 0 Å². The molecule has 0 spiro atoms. The summed E-state index contributed by atoms with van der Waals surface area (Å²) in [5, 5.41) is 10.1. The van der Waals surface area contributed by atoms with E-state index in [0.29, 0.717) is 6.04 Å². The second-order valence-corrected chi connectivity index (χ2v) is 6.18.